The fourth-order valence-electron chi connectivity index (χ4n) is 2.53. The number of thioether (sulfide) groups is 1. The summed E-state index contributed by atoms with van der Waals surface area (Å²) in [6.45, 7) is 11.2. The van der Waals surface area contributed by atoms with Gasteiger partial charge in [-0.05, 0) is 40.0 Å². The van der Waals surface area contributed by atoms with Gasteiger partial charge in [-0.15, -0.1) is 11.8 Å². The van der Waals surface area contributed by atoms with Crippen LogP contribution in [0.25, 0.3) is 0 Å². The van der Waals surface area contributed by atoms with Gasteiger partial charge >= 0.3 is 5.97 Å². The predicted octanol–water partition coefficient (Wildman–Crippen LogP) is -1.81. The van der Waals surface area contributed by atoms with Crippen LogP contribution >= 0.6 is 11.8 Å². The number of carboxylic acids is 1. The highest BCUT2D eigenvalue weighted by Crippen LogP contribution is 2.11. The SMILES string of the molecule is C=C(NC(=O)C(CO)NC(=O)C(CSC=C(C)C)NC(C)(C)C)C(=O)N/C(=C/C(N)=O)C(=O)NCC(=O)O. The molecular formula is C23H36N6O8S. The second kappa shape index (κ2) is 16.2. The van der Waals surface area contributed by atoms with E-state index in [9.17, 15) is 33.9 Å². The number of aliphatic hydroxyl groups is 1. The number of aliphatic hydroxyl groups excluding tert-OH is 1. The molecule has 0 aliphatic heterocycles. The number of nitrogens with two attached hydrogens (primary N) is 1. The number of amides is 5. The highest BCUT2D eigenvalue weighted by Gasteiger charge is 2.29. The van der Waals surface area contributed by atoms with E-state index < -0.39 is 77.7 Å². The molecule has 0 rings (SSSR count). The number of carboxylic acid groups (broad SMARTS) is 1. The maximum atomic E-state index is 12.9. The Hall–Kier alpha value is -3.69. The maximum absolute atomic E-state index is 12.9. The van der Waals surface area contributed by atoms with E-state index in [2.05, 4.69) is 22.5 Å². The van der Waals surface area contributed by atoms with Gasteiger partial charge in [0.15, 0.2) is 0 Å². The third-order valence-electron chi connectivity index (χ3n) is 4.05. The molecule has 0 radical (unpaired) electrons. The molecule has 0 aromatic rings. The van der Waals surface area contributed by atoms with Gasteiger partial charge in [-0.2, -0.15) is 0 Å². The zero-order valence-electron chi connectivity index (χ0n) is 22.0. The van der Waals surface area contributed by atoms with Crippen molar-refractivity contribution in [3.05, 3.63) is 35.0 Å². The molecule has 0 aromatic heterocycles. The fraction of sp³-hybridized carbons (Fsp3) is 0.478. The number of primary amides is 1. The number of allylic oxidation sites excluding steroid dienone is 1. The van der Waals surface area contributed by atoms with Crippen molar-refractivity contribution >= 4 is 47.3 Å². The summed E-state index contributed by atoms with van der Waals surface area (Å²) in [7, 11) is 0. The third kappa shape index (κ3) is 14.8. The van der Waals surface area contributed by atoms with Crippen molar-refractivity contribution in [2.45, 2.75) is 52.2 Å². The molecule has 0 saturated heterocycles. The quantitative estimate of drug-likeness (QED) is 0.105. The van der Waals surface area contributed by atoms with E-state index >= 15 is 0 Å². The molecule has 0 aliphatic rings. The lowest BCUT2D eigenvalue weighted by Gasteiger charge is -2.28. The van der Waals surface area contributed by atoms with E-state index in [4.69, 9.17) is 10.8 Å². The molecule has 5 amide bonds. The Kier molecular flexibility index (Phi) is 14.6. The van der Waals surface area contributed by atoms with Crippen LogP contribution in [0.15, 0.2) is 35.0 Å². The Morgan fingerprint density at radius 1 is 1.00 bits per heavy atom. The lowest BCUT2D eigenvalue weighted by molar-refractivity contribution is -0.137. The van der Waals surface area contributed by atoms with Crippen LogP contribution in [0.4, 0.5) is 0 Å². The first-order valence-electron chi connectivity index (χ1n) is 11.2. The Morgan fingerprint density at radius 2 is 1.61 bits per heavy atom. The number of rotatable bonds is 15. The highest BCUT2D eigenvalue weighted by molar-refractivity contribution is 8.02. The van der Waals surface area contributed by atoms with Crippen molar-refractivity contribution in [3.63, 3.8) is 0 Å². The van der Waals surface area contributed by atoms with Crippen LogP contribution in [0.2, 0.25) is 0 Å². The molecule has 0 aromatic carbocycles. The summed E-state index contributed by atoms with van der Waals surface area (Å²) in [5, 5.41) is 31.8. The number of hydrogen-bond donors (Lipinski definition) is 8. The average molecular weight is 557 g/mol. The van der Waals surface area contributed by atoms with Crippen molar-refractivity contribution in [1.29, 1.82) is 0 Å². The monoisotopic (exact) mass is 556 g/mol. The van der Waals surface area contributed by atoms with Crippen molar-refractivity contribution in [3.8, 4) is 0 Å². The fourth-order valence-corrected chi connectivity index (χ4v) is 3.38. The molecule has 14 nitrogen and oxygen atoms in total. The molecule has 0 saturated carbocycles. The van der Waals surface area contributed by atoms with Crippen LogP contribution in [-0.2, 0) is 28.8 Å². The van der Waals surface area contributed by atoms with Gasteiger partial charge in [0.05, 0.1) is 18.3 Å². The summed E-state index contributed by atoms with van der Waals surface area (Å²) >= 11 is 1.39. The molecule has 38 heavy (non-hydrogen) atoms. The van der Waals surface area contributed by atoms with Crippen molar-refractivity contribution in [1.82, 2.24) is 26.6 Å². The van der Waals surface area contributed by atoms with E-state index in [1.165, 1.54) is 11.8 Å². The largest absolute Gasteiger partial charge is 0.480 e. The lowest BCUT2D eigenvalue weighted by atomic mass is 10.1. The molecule has 15 heteroatoms. The van der Waals surface area contributed by atoms with Gasteiger partial charge < -0.3 is 42.5 Å². The molecule has 0 spiro atoms. The van der Waals surface area contributed by atoms with E-state index in [1.54, 1.807) is 0 Å². The number of nitrogens with one attached hydrogen (secondary N) is 5. The van der Waals surface area contributed by atoms with Crippen LogP contribution < -0.4 is 32.3 Å². The molecule has 9 N–H and O–H groups in total. The van der Waals surface area contributed by atoms with Crippen LogP contribution in [0.3, 0.4) is 0 Å². The molecule has 0 fully saturated rings. The number of carbonyl (C=O) groups excluding carboxylic acids is 5. The summed E-state index contributed by atoms with van der Waals surface area (Å²) in [6.07, 6.45) is 0.538. The molecule has 212 valence electrons. The standard InChI is InChI=1S/C23H36N6O8S/c1-12(2)10-38-11-16(29-23(4,5)6)22(37)28-15(9-30)21(36)26-13(3)19(34)27-14(7-17(24)31)20(35)25-8-18(32)33/h7,10,15-16,29-30H,3,8-9,11H2,1-2,4-6H3,(H2,24,31)(H,25,35)(H,26,36)(H,27,34)(H,28,37)(H,32,33)/b14-7+. The normalized spacial score (nSPS) is 12.8. The summed E-state index contributed by atoms with van der Waals surface area (Å²) in [4.78, 5) is 71.7. The van der Waals surface area contributed by atoms with Crippen LogP contribution in [0, 0.1) is 0 Å². The molecular weight excluding hydrogens is 520 g/mol. The minimum absolute atomic E-state index is 0.335. The predicted molar refractivity (Wildman–Crippen MR) is 141 cm³/mol. The third-order valence-corrected chi connectivity index (χ3v) is 5.21. The zero-order valence-corrected chi connectivity index (χ0v) is 22.8. The van der Waals surface area contributed by atoms with Crippen molar-refractivity contribution in [2.75, 3.05) is 18.9 Å². The van der Waals surface area contributed by atoms with Crippen LogP contribution in [0.5, 0.6) is 0 Å². The van der Waals surface area contributed by atoms with Gasteiger partial charge in [0.1, 0.15) is 18.3 Å². The summed E-state index contributed by atoms with van der Waals surface area (Å²) in [5.74, 6) is -6.00. The van der Waals surface area contributed by atoms with Gasteiger partial charge in [0.25, 0.3) is 11.8 Å². The topological polar surface area (TPSA) is 229 Å². The van der Waals surface area contributed by atoms with Gasteiger partial charge in [-0.3, -0.25) is 28.8 Å². The van der Waals surface area contributed by atoms with Gasteiger partial charge in [-0.25, -0.2) is 0 Å². The van der Waals surface area contributed by atoms with E-state index in [1.807, 2.05) is 50.7 Å². The highest BCUT2D eigenvalue weighted by atomic mass is 32.2. The minimum atomic E-state index is -1.45. The molecule has 0 heterocycles. The molecule has 0 bridgehead atoms. The van der Waals surface area contributed by atoms with Gasteiger partial charge in [0, 0.05) is 17.4 Å². The number of aliphatic carboxylic acids is 1. The van der Waals surface area contributed by atoms with Crippen molar-refractivity contribution in [2.24, 2.45) is 5.73 Å². The van der Waals surface area contributed by atoms with E-state index in [0.29, 0.717) is 11.8 Å². The van der Waals surface area contributed by atoms with Gasteiger partial charge in [0.2, 0.25) is 17.7 Å². The summed E-state index contributed by atoms with van der Waals surface area (Å²) in [5.41, 5.74) is 4.30. The lowest BCUT2D eigenvalue weighted by Crippen LogP contribution is -2.58. The average Bonchev–Trinajstić information content (AvgIpc) is 2.77. The summed E-state index contributed by atoms with van der Waals surface area (Å²) < 4.78 is 0. The first-order valence-corrected chi connectivity index (χ1v) is 12.3. The second-order valence-corrected chi connectivity index (χ2v) is 10.1. The first kappa shape index (κ1) is 34.3. The van der Waals surface area contributed by atoms with Crippen LogP contribution in [0.1, 0.15) is 34.6 Å². The van der Waals surface area contributed by atoms with Crippen molar-refractivity contribution < 1.29 is 39.0 Å². The van der Waals surface area contributed by atoms with E-state index in [-0.39, 0.29) is 0 Å². The Labute approximate surface area is 224 Å². The van der Waals surface area contributed by atoms with Gasteiger partial charge in [-0.1, -0.05) is 12.2 Å². The minimum Gasteiger partial charge on any atom is -0.480 e. The first-order chi connectivity index (χ1) is 17.5. The molecule has 2 unspecified atom stereocenters. The Bertz CT molecular complexity index is 998. The molecule has 0 aliphatic carbocycles. The number of carbonyl (C=O) groups is 6. The molecule has 2 atom stereocenters. The smallest absolute Gasteiger partial charge is 0.322 e. The second-order valence-electron chi connectivity index (χ2n) is 9.18. The zero-order chi connectivity index (χ0) is 29.6. The Morgan fingerprint density at radius 3 is 2.08 bits per heavy atom. The number of hydrogen-bond acceptors (Lipinski definition) is 9. The van der Waals surface area contributed by atoms with Crippen LogP contribution in [-0.4, -0.2) is 82.2 Å². The maximum Gasteiger partial charge on any atom is 0.322 e. The summed E-state index contributed by atoms with van der Waals surface area (Å²) in [6, 6.07) is -2.18. The van der Waals surface area contributed by atoms with E-state index in [0.717, 1.165) is 5.57 Å². The Balaban J connectivity index is 5.38.